The fourth-order valence-electron chi connectivity index (χ4n) is 2.32. The van der Waals surface area contributed by atoms with Crippen molar-refractivity contribution in [3.63, 3.8) is 0 Å². The minimum absolute atomic E-state index is 0.134. The molecule has 1 N–H and O–H groups in total. The van der Waals surface area contributed by atoms with Gasteiger partial charge in [-0.2, -0.15) is 10.2 Å². The van der Waals surface area contributed by atoms with E-state index in [-0.39, 0.29) is 11.9 Å². The molecule has 0 fully saturated rings. The smallest absolute Gasteiger partial charge is 0.255 e. The summed E-state index contributed by atoms with van der Waals surface area (Å²) in [5, 5.41) is 11.3. The van der Waals surface area contributed by atoms with Gasteiger partial charge in [0.15, 0.2) is 0 Å². The molecule has 2 aromatic rings. The van der Waals surface area contributed by atoms with Crippen LogP contribution >= 0.6 is 0 Å². The van der Waals surface area contributed by atoms with Gasteiger partial charge in [0.25, 0.3) is 5.91 Å². The number of aryl methyl sites for hydroxylation is 2. The number of hydrogen-bond donors (Lipinski definition) is 1. The molecule has 0 bridgehead atoms. The highest BCUT2D eigenvalue weighted by Gasteiger charge is 2.19. The number of rotatable bonds is 6. The quantitative estimate of drug-likeness (QED) is 0.878. The zero-order valence-electron chi connectivity index (χ0n) is 13.0. The van der Waals surface area contributed by atoms with Gasteiger partial charge in [-0.1, -0.05) is 6.92 Å². The number of carbonyl (C=O) groups is 1. The van der Waals surface area contributed by atoms with Crippen LogP contribution in [0.15, 0.2) is 12.5 Å². The molecule has 21 heavy (non-hydrogen) atoms. The SMILES string of the molecule is CCCn1ncnc1[C@H](C)NC(=O)c1cnn(CC)c1C. The highest BCUT2D eigenvalue weighted by Crippen LogP contribution is 2.12. The number of aromatic nitrogens is 5. The molecule has 0 aromatic carbocycles. The van der Waals surface area contributed by atoms with Crippen molar-refractivity contribution in [2.45, 2.75) is 53.2 Å². The third-order valence-corrected chi connectivity index (χ3v) is 3.46. The predicted molar refractivity (Wildman–Crippen MR) is 78.8 cm³/mol. The van der Waals surface area contributed by atoms with Gasteiger partial charge in [0.05, 0.1) is 17.8 Å². The second-order valence-electron chi connectivity index (χ2n) is 5.00. The minimum Gasteiger partial charge on any atom is -0.342 e. The molecule has 1 amide bonds. The molecule has 0 saturated carbocycles. The van der Waals surface area contributed by atoms with E-state index in [0.717, 1.165) is 31.0 Å². The first-order chi connectivity index (χ1) is 10.1. The van der Waals surface area contributed by atoms with Gasteiger partial charge in [-0.3, -0.25) is 9.48 Å². The third kappa shape index (κ3) is 3.12. The zero-order chi connectivity index (χ0) is 15.4. The summed E-state index contributed by atoms with van der Waals surface area (Å²) < 4.78 is 3.63. The maximum absolute atomic E-state index is 12.3. The Morgan fingerprint density at radius 3 is 2.71 bits per heavy atom. The van der Waals surface area contributed by atoms with Crippen molar-refractivity contribution in [1.82, 2.24) is 29.9 Å². The normalized spacial score (nSPS) is 12.4. The average Bonchev–Trinajstić information content (AvgIpc) is 3.05. The minimum atomic E-state index is -0.198. The van der Waals surface area contributed by atoms with Crippen LogP contribution in [-0.4, -0.2) is 30.5 Å². The molecule has 7 nitrogen and oxygen atoms in total. The summed E-state index contributed by atoms with van der Waals surface area (Å²) in [6, 6.07) is -0.198. The van der Waals surface area contributed by atoms with Crippen molar-refractivity contribution in [2.75, 3.05) is 0 Å². The van der Waals surface area contributed by atoms with Crippen molar-refractivity contribution in [3.8, 4) is 0 Å². The Morgan fingerprint density at radius 1 is 1.33 bits per heavy atom. The summed E-state index contributed by atoms with van der Waals surface area (Å²) in [5.41, 5.74) is 1.47. The van der Waals surface area contributed by atoms with E-state index in [1.807, 2.05) is 25.5 Å². The van der Waals surface area contributed by atoms with Crippen LogP contribution in [0.2, 0.25) is 0 Å². The Hall–Kier alpha value is -2.18. The van der Waals surface area contributed by atoms with Gasteiger partial charge in [0.2, 0.25) is 0 Å². The summed E-state index contributed by atoms with van der Waals surface area (Å²) in [4.78, 5) is 16.6. The monoisotopic (exact) mass is 290 g/mol. The maximum Gasteiger partial charge on any atom is 0.255 e. The van der Waals surface area contributed by atoms with E-state index in [0.29, 0.717) is 5.56 Å². The summed E-state index contributed by atoms with van der Waals surface area (Å²) in [6.45, 7) is 9.43. The summed E-state index contributed by atoms with van der Waals surface area (Å²) in [5.74, 6) is 0.636. The van der Waals surface area contributed by atoms with E-state index >= 15 is 0 Å². The number of carbonyl (C=O) groups excluding carboxylic acids is 1. The van der Waals surface area contributed by atoms with Gasteiger partial charge in [-0.25, -0.2) is 9.67 Å². The highest BCUT2D eigenvalue weighted by molar-refractivity contribution is 5.95. The molecule has 0 aliphatic carbocycles. The second-order valence-corrected chi connectivity index (χ2v) is 5.00. The van der Waals surface area contributed by atoms with Crippen molar-refractivity contribution in [2.24, 2.45) is 0 Å². The Morgan fingerprint density at radius 2 is 2.10 bits per heavy atom. The number of nitrogens with one attached hydrogen (secondary N) is 1. The van der Waals surface area contributed by atoms with Crippen LogP contribution in [-0.2, 0) is 13.1 Å². The lowest BCUT2D eigenvalue weighted by Gasteiger charge is -2.14. The van der Waals surface area contributed by atoms with Crippen LogP contribution in [0.3, 0.4) is 0 Å². The molecule has 2 heterocycles. The van der Waals surface area contributed by atoms with E-state index in [4.69, 9.17) is 0 Å². The van der Waals surface area contributed by atoms with Gasteiger partial charge in [-0.05, 0) is 27.2 Å². The van der Waals surface area contributed by atoms with E-state index in [2.05, 4.69) is 27.4 Å². The summed E-state index contributed by atoms with van der Waals surface area (Å²) in [6.07, 6.45) is 4.10. The molecule has 0 aliphatic rings. The van der Waals surface area contributed by atoms with Crippen LogP contribution in [0.5, 0.6) is 0 Å². The lowest BCUT2D eigenvalue weighted by atomic mass is 10.2. The molecule has 2 aromatic heterocycles. The maximum atomic E-state index is 12.3. The van der Waals surface area contributed by atoms with Crippen molar-refractivity contribution in [3.05, 3.63) is 29.6 Å². The summed E-state index contributed by atoms with van der Waals surface area (Å²) >= 11 is 0. The Kier molecular flexibility index (Phi) is 4.72. The van der Waals surface area contributed by atoms with Crippen LogP contribution in [0, 0.1) is 6.92 Å². The number of nitrogens with zero attached hydrogens (tertiary/aromatic N) is 5. The first-order valence-electron chi connectivity index (χ1n) is 7.29. The highest BCUT2D eigenvalue weighted by atomic mass is 16.1. The van der Waals surface area contributed by atoms with Gasteiger partial charge >= 0.3 is 0 Å². The predicted octanol–water partition coefficient (Wildman–Crippen LogP) is 1.70. The van der Waals surface area contributed by atoms with E-state index < -0.39 is 0 Å². The first kappa shape index (κ1) is 15.2. The van der Waals surface area contributed by atoms with E-state index in [9.17, 15) is 4.79 Å². The van der Waals surface area contributed by atoms with E-state index in [1.165, 1.54) is 6.33 Å². The van der Waals surface area contributed by atoms with E-state index in [1.54, 1.807) is 10.9 Å². The molecule has 0 unspecified atom stereocenters. The average molecular weight is 290 g/mol. The van der Waals surface area contributed by atoms with Gasteiger partial charge in [0.1, 0.15) is 12.2 Å². The topological polar surface area (TPSA) is 77.6 Å². The lowest BCUT2D eigenvalue weighted by molar-refractivity contribution is 0.0936. The molecule has 114 valence electrons. The molecule has 0 saturated heterocycles. The number of amides is 1. The fraction of sp³-hybridized carbons (Fsp3) is 0.571. The Labute approximate surface area is 124 Å². The van der Waals surface area contributed by atoms with Crippen LogP contribution in [0.1, 0.15) is 55.1 Å². The van der Waals surface area contributed by atoms with Crippen molar-refractivity contribution >= 4 is 5.91 Å². The fourth-order valence-corrected chi connectivity index (χ4v) is 2.32. The third-order valence-electron chi connectivity index (χ3n) is 3.46. The molecule has 0 spiro atoms. The first-order valence-corrected chi connectivity index (χ1v) is 7.29. The molecule has 1 atom stereocenters. The van der Waals surface area contributed by atoms with Gasteiger partial charge in [-0.15, -0.1) is 0 Å². The second kappa shape index (κ2) is 6.51. The molecule has 2 rings (SSSR count). The zero-order valence-corrected chi connectivity index (χ0v) is 13.0. The van der Waals surface area contributed by atoms with Gasteiger partial charge < -0.3 is 5.32 Å². The van der Waals surface area contributed by atoms with Crippen LogP contribution in [0.4, 0.5) is 0 Å². The van der Waals surface area contributed by atoms with Crippen LogP contribution < -0.4 is 5.32 Å². The summed E-state index contributed by atoms with van der Waals surface area (Å²) in [7, 11) is 0. The lowest BCUT2D eigenvalue weighted by Crippen LogP contribution is -2.29. The molecular formula is C14H22N6O. The molecule has 0 aliphatic heterocycles. The Bertz CT molecular complexity index is 615. The van der Waals surface area contributed by atoms with Crippen molar-refractivity contribution < 1.29 is 4.79 Å². The molecular weight excluding hydrogens is 268 g/mol. The largest absolute Gasteiger partial charge is 0.342 e. The number of hydrogen-bond acceptors (Lipinski definition) is 4. The Balaban J connectivity index is 2.11. The van der Waals surface area contributed by atoms with Crippen LogP contribution in [0.25, 0.3) is 0 Å². The standard InChI is InChI=1S/C14H22N6O/c1-5-7-20-13(15-9-17-20)10(3)18-14(21)12-8-16-19(6-2)11(12)4/h8-10H,5-7H2,1-4H3,(H,18,21)/t10-/m0/s1. The van der Waals surface area contributed by atoms with Crippen molar-refractivity contribution in [1.29, 1.82) is 0 Å². The van der Waals surface area contributed by atoms with Gasteiger partial charge in [0, 0.05) is 18.8 Å². The molecule has 0 radical (unpaired) electrons. The molecule has 7 heteroatoms.